The van der Waals surface area contributed by atoms with Gasteiger partial charge in [-0.25, -0.2) is 4.79 Å². The average molecular weight is 209 g/mol. The molecule has 0 atom stereocenters. The van der Waals surface area contributed by atoms with Crippen LogP contribution in [0.1, 0.15) is 5.56 Å². The highest BCUT2D eigenvalue weighted by Crippen LogP contribution is 2.09. The molecule has 0 unspecified atom stereocenters. The topological polar surface area (TPSA) is 37.8 Å². The van der Waals surface area contributed by atoms with E-state index in [0.717, 1.165) is 5.56 Å². The molecule has 2 aromatic rings. The minimum absolute atomic E-state index is 0.0973. The molecule has 0 bridgehead atoms. The molecule has 1 aromatic carbocycles. The van der Waals surface area contributed by atoms with Crippen molar-refractivity contribution in [3.63, 3.8) is 0 Å². The number of rotatable bonds is 2. The number of halogens is 1. The van der Waals surface area contributed by atoms with Crippen molar-refractivity contribution in [3.8, 4) is 0 Å². The van der Waals surface area contributed by atoms with E-state index in [1.54, 1.807) is 17.0 Å². The van der Waals surface area contributed by atoms with Gasteiger partial charge in [0.1, 0.15) is 0 Å². The number of nitrogens with zero attached hydrogens (tertiary/aromatic N) is 1. The van der Waals surface area contributed by atoms with Gasteiger partial charge in [-0.3, -0.25) is 4.57 Å². The Kier molecular flexibility index (Phi) is 2.41. The summed E-state index contributed by atoms with van der Waals surface area (Å²) < 4.78 is 1.60. The second-order valence-corrected chi connectivity index (χ2v) is 3.46. The Bertz CT molecular complexity index is 469. The first-order chi connectivity index (χ1) is 6.75. The maximum Gasteiger partial charge on any atom is 0.325 e. The van der Waals surface area contributed by atoms with Gasteiger partial charge in [0.15, 0.2) is 0 Å². The molecular weight excluding hydrogens is 200 g/mol. The van der Waals surface area contributed by atoms with Crippen molar-refractivity contribution >= 4 is 11.6 Å². The Labute approximate surface area is 86.0 Å². The largest absolute Gasteiger partial charge is 0.325 e. The summed E-state index contributed by atoms with van der Waals surface area (Å²) in [7, 11) is 0. The molecule has 14 heavy (non-hydrogen) atoms. The van der Waals surface area contributed by atoms with E-state index in [4.69, 9.17) is 11.6 Å². The summed E-state index contributed by atoms with van der Waals surface area (Å²) in [5, 5.41) is 0.704. The van der Waals surface area contributed by atoms with E-state index in [-0.39, 0.29) is 5.69 Å². The van der Waals surface area contributed by atoms with Crippen LogP contribution in [0, 0.1) is 0 Å². The summed E-state index contributed by atoms with van der Waals surface area (Å²) in [5.74, 6) is 0. The second kappa shape index (κ2) is 3.72. The predicted octanol–water partition coefficient (Wildman–Crippen LogP) is 1.88. The number of H-pyrrole nitrogens is 1. The van der Waals surface area contributed by atoms with Crippen LogP contribution in [-0.4, -0.2) is 9.55 Å². The van der Waals surface area contributed by atoms with Gasteiger partial charge in [0.05, 0.1) is 6.54 Å². The van der Waals surface area contributed by atoms with E-state index in [1.165, 1.54) is 0 Å². The number of nitrogens with one attached hydrogen (secondary N) is 1. The predicted molar refractivity (Wildman–Crippen MR) is 55.6 cm³/mol. The molecule has 0 aliphatic carbocycles. The lowest BCUT2D eigenvalue weighted by Gasteiger charge is -2.00. The molecule has 2 rings (SSSR count). The number of aromatic amines is 1. The summed E-state index contributed by atoms with van der Waals surface area (Å²) in [4.78, 5) is 13.8. The van der Waals surface area contributed by atoms with Gasteiger partial charge in [-0.1, -0.05) is 23.7 Å². The third kappa shape index (κ3) is 1.88. The van der Waals surface area contributed by atoms with Crippen LogP contribution < -0.4 is 5.69 Å². The van der Waals surface area contributed by atoms with Gasteiger partial charge < -0.3 is 4.98 Å². The molecule has 0 fully saturated rings. The third-order valence-electron chi connectivity index (χ3n) is 1.99. The quantitative estimate of drug-likeness (QED) is 0.804. The molecule has 0 aliphatic rings. The smallest absolute Gasteiger partial charge is 0.313 e. The fourth-order valence-corrected chi connectivity index (χ4v) is 1.39. The maximum atomic E-state index is 11.2. The highest BCUT2D eigenvalue weighted by Gasteiger charge is 1.97. The number of hydrogen-bond donors (Lipinski definition) is 1. The van der Waals surface area contributed by atoms with Crippen molar-refractivity contribution < 1.29 is 0 Å². The van der Waals surface area contributed by atoms with Gasteiger partial charge in [0.25, 0.3) is 0 Å². The maximum absolute atomic E-state index is 11.2. The van der Waals surface area contributed by atoms with Crippen LogP contribution in [0.2, 0.25) is 5.02 Å². The lowest BCUT2D eigenvalue weighted by atomic mass is 10.2. The summed E-state index contributed by atoms with van der Waals surface area (Å²) in [5.41, 5.74) is 0.955. The molecule has 1 heterocycles. The first kappa shape index (κ1) is 9.09. The highest BCUT2D eigenvalue weighted by atomic mass is 35.5. The molecule has 72 valence electrons. The first-order valence-corrected chi connectivity index (χ1v) is 4.62. The van der Waals surface area contributed by atoms with Crippen LogP contribution in [0.15, 0.2) is 41.5 Å². The van der Waals surface area contributed by atoms with Crippen molar-refractivity contribution in [2.45, 2.75) is 6.54 Å². The van der Waals surface area contributed by atoms with Gasteiger partial charge in [0.2, 0.25) is 0 Å². The van der Waals surface area contributed by atoms with Crippen molar-refractivity contribution in [1.82, 2.24) is 9.55 Å². The molecule has 0 aliphatic heterocycles. The van der Waals surface area contributed by atoms with E-state index >= 15 is 0 Å². The molecule has 1 N–H and O–H groups in total. The number of hydrogen-bond acceptors (Lipinski definition) is 1. The van der Waals surface area contributed by atoms with E-state index in [1.807, 2.05) is 24.3 Å². The SMILES string of the molecule is O=c1[nH]ccn1Cc1ccc(Cl)cc1. The van der Waals surface area contributed by atoms with Gasteiger partial charge in [-0.05, 0) is 17.7 Å². The van der Waals surface area contributed by atoms with Crippen LogP contribution in [0.4, 0.5) is 0 Å². The zero-order chi connectivity index (χ0) is 9.97. The summed E-state index contributed by atoms with van der Waals surface area (Å²) in [6.45, 7) is 0.569. The van der Waals surface area contributed by atoms with Crippen LogP contribution >= 0.6 is 11.6 Å². The second-order valence-electron chi connectivity index (χ2n) is 3.02. The number of imidazole rings is 1. The van der Waals surface area contributed by atoms with Gasteiger partial charge >= 0.3 is 5.69 Å². The fourth-order valence-electron chi connectivity index (χ4n) is 1.26. The minimum Gasteiger partial charge on any atom is -0.313 e. The summed E-state index contributed by atoms with van der Waals surface area (Å²) >= 11 is 5.75. The minimum atomic E-state index is -0.0973. The van der Waals surface area contributed by atoms with Crippen LogP contribution in [0.5, 0.6) is 0 Å². The molecule has 0 spiro atoms. The highest BCUT2D eigenvalue weighted by molar-refractivity contribution is 6.30. The molecule has 4 heteroatoms. The normalized spacial score (nSPS) is 10.4. The Morgan fingerprint density at radius 1 is 1.29 bits per heavy atom. The van der Waals surface area contributed by atoms with Gasteiger partial charge in [0, 0.05) is 17.4 Å². The third-order valence-corrected chi connectivity index (χ3v) is 2.24. The number of benzene rings is 1. The van der Waals surface area contributed by atoms with E-state index in [0.29, 0.717) is 11.6 Å². The average Bonchev–Trinajstić information content (AvgIpc) is 2.56. The lowest BCUT2D eigenvalue weighted by Crippen LogP contribution is -2.16. The Morgan fingerprint density at radius 3 is 2.57 bits per heavy atom. The molecule has 0 amide bonds. The van der Waals surface area contributed by atoms with Gasteiger partial charge in [-0.2, -0.15) is 0 Å². The standard InChI is InChI=1S/C10H9ClN2O/c11-9-3-1-8(2-4-9)7-13-6-5-12-10(13)14/h1-6H,7H2,(H,12,14). The van der Waals surface area contributed by atoms with Gasteiger partial charge in [-0.15, -0.1) is 0 Å². The van der Waals surface area contributed by atoms with Crippen LogP contribution in [-0.2, 0) is 6.54 Å². The van der Waals surface area contributed by atoms with E-state index in [9.17, 15) is 4.79 Å². The lowest BCUT2D eigenvalue weighted by molar-refractivity contribution is 0.762. The molecule has 0 saturated heterocycles. The zero-order valence-electron chi connectivity index (χ0n) is 7.40. The summed E-state index contributed by atoms with van der Waals surface area (Å²) in [6, 6.07) is 7.44. The molecule has 0 saturated carbocycles. The van der Waals surface area contributed by atoms with Crippen molar-refractivity contribution in [2.24, 2.45) is 0 Å². The van der Waals surface area contributed by atoms with Crippen LogP contribution in [0.3, 0.4) is 0 Å². The zero-order valence-corrected chi connectivity index (χ0v) is 8.16. The Balaban J connectivity index is 2.23. The molecule has 1 aromatic heterocycles. The summed E-state index contributed by atoms with van der Waals surface area (Å²) in [6.07, 6.45) is 3.34. The molecule has 0 radical (unpaired) electrons. The van der Waals surface area contributed by atoms with Crippen molar-refractivity contribution in [2.75, 3.05) is 0 Å². The molecule has 3 nitrogen and oxygen atoms in total. The Hall–Kier alpha value is -1.48. The van der Waals surface area contributed by atoms with Crippen molar-refractivity contribution in [1.29, 1.82) is 0 Å². The first-order valence-electron chi connectivity index (χ1n) is 4.24. The number of aromatic nitrogens is 2. The van der Waals surface area contributed by atoms with Crippen molar-refractivity contribution in [3.05, 3.63) is 57.7 Å². The molecular formula is C10H9ClN2O. The monoisotopic (exact) mass is 208 g/mol. The van der Waals surface area contributed by atoms with E-state index < -0.39 is 0 Å². The van der Waals surface area contributed by atoms with E-state index in [2.05, 4.69) is 4.98 Å². The van der Waals surface area contributed by atoms with Crippen LogP contribution in [0.25, 0.3) is 0 Å². The Morgan fingerprint density at radius 2 is 2.00 bits per heavy atom. The fraction of sp³-hybridized carbons (Fsp3) is 0.100.